The van der Waals surface area contributed by atoms with Crippen LogP contribution < -0.4 is 14.8 Å². The van der Waals surface area contributed by atoms with Crippen LogP contribution in [-0.4, -0.2) is 42.5 Å². The summed E-state index contributed by atoms with van der Waals surface area (Å²) in [6.07, 6.45) is 3.35. The number of rotatable bonds is 4. The van der Waals surface area contributed by atoms with Crippen LogP contribution in [-0.2, 0) is 9.59 Å². The molecule has 1 saturated carbocycles. The molecule has 2 amide bonds. The first-order valence-corrected chi connectivity index (χ1v) is 9.11. The second-order valence-electron chi connectivity index (χ2n) is 7.17. The minimum absolute atomic E-state index is 0.0453. The van der Waals surface area contributed by atoms with E-state index in [1.807, 2.05) is 30.0 Å². The van der Waals surface area contributed by atoms with Crippen molar-refractivity contribution in [2.45, 2.75) is 44.7 Å². The van der Waals surface area contributed by atoms with Gasteiger partial charge >= 0.3 is 0 Å². The Kier molecular flexibility index (Phi) is 4.27. The van der Waals surface area contributed by atoms with Crippen molar-refractivity contribution in [3.05, 3.63) is 23.8 Å². The lowest BCUT2D eigenvalue weighted by molar-refractivity contribution is -0.129. The van der Waals surface area contributed by atoms with Gasteiger partial charge in [0.15, 0.2) is 11.5 Å². The zero-order chi connectivity index (χ0) is 17.4. The number of amides is 2. The van der Waals surface area contributed by atoms with E-state index in [1.54, 1.807) is 0 Å². The monoisotopic (exact) mass is 344 g/mol. The van der Waals surface area contributed by atoms with Gasteiger partial charge in [-0.05, 0) is 37.5 Å². The van der Waals surface area contributed by atoms with E-state index in [1.165, 1.54) is 0 Å². The molecule has 0 spiro atoms. The first kappa shape index (κ1) is 16.2. The van der Waals surface area contributed by atoms with Crippen molar-refractivity contribution in [3.63, 3.8) is 0 Å². The average Bonchev–Trinajstić information content (AvgIpc) is 3.40. The summed E-state index contributed by atoms with van der Waals surface area (Å²) in [5.74, 6) is 1.31. The molecule has 2 aliphatic heterocycles. The van der Waals surface area contributed by atoms with E-state index in [2.05, 4.69) is 5.32 Å². The maximum absolute atomic E-state index is 12.6. The number of fused-ring (bicyclic) bond motifs is 1. The fourth-order valence-corrected chi connectivity index (χ4v) is 3.51. The second-order valence-corrected chi connectivity index (χ2v) is 7.17. The van der Waals surface area contributed by atoms with E-state index < -0.39 is 0 Å². The quantitative estimate of drug-likeness (QED) is 0.908. The molecule has 6 nitrogen and oxygen atoms in total. The summed E-state index contributed by atoms with van der Waals surface area (Å²) < 4.78 is 11.4. The molecule has 0 aromatic heterocycles. The molecule has 2 fully saturated rings. The summed E-state index contributed by atoms with van der Waals surface area (Å²) in [5, 5.41) is 3.05. The summed E-state index contributed by atoms with van der Waals surface area (Å²) in [6, 6.07) is 6.02. The zero-order valence-electron chi connectivity index (χ0n) is 14.5. The number of likely N-dealkylation sites (tertiary alicyclic amines) is 1. The minimum atomic E-state index is -0.240. The molecule has 0 radical (unpaired) electrons. The van der Waals surface area contributed by atoms with Gasteiger partial charge in [-0.25, -0.2) is 0 Å². The summed E-state index contributed by atoms with van der Waals surface area (Å²) in [5.41, 5.74) is 0.973. The fraction of sp³-hybridized carbons (Fsp3) is 0.579. The lowest BCUT2D eigenvalue weighted by Crippen LogP contribution is -2.35. The molecular formula is C19H24N2O4. The molecule has 1 aromatic carbocycles. The Morgan fingerprint density at radius 2 is 2.00 bits per heavy atom. The molecule has 6 heteroatoms. The van der Waals surface area contributed by atoms with Crippen LogP contribution >= 0.6 is 0 Å². The molecule has 2 atom stereocenters. The van der Waals surface area contributed by atoms with Crippen LogP contribution in [0.2, 0.25) is 0 Å². The molecule has 0 bridgehead atoms. The first-order chi connectivity index (χ1) is 12.1. The van der Waals surface area contributed by atoms with Gasteiger partial charge in [0.05, 0.1) is 25.2 Å². The SMILES string of the molecule is CC(NC(=O)C1CC(=O)N(C2CC2)C1)c1ccc2c(c1)OCCCO2. The molecule has 2 heterocycles. The van der Waals surface area contributed by atoms with Crippen molar-refractivity contribution in [1.82, 2.24) is 10.2 Å². The maximum Gasteiger partial charge on any atom is 0.225 e. The summed E-state index contributed by atoms with van der Waals surface area (Å²) >= 11 is 0. The lowest BCUT2D eigenvalue weighted by atomic mass is 10.0. The van der Waals surface area contributed by atoms with Crippen LogP contribution in [0.15, 0.2) is 18.2 Å². The van der Waals surface area contributed by atoms with Crippen LogP contribution in [0.1, 0.15) is 44.2 Å². The highest BCUT2D eigenvalue weighted by Gasteiger charge is 2.41. The molecule has 2 unspecified atom stereocenters. The number of hydrogen-bond acceptors (Lipinski definition) is 4. The molecule has 4 rings (SSSR count). The zero-order valence-corrected chi connectivity index (χ0v) is 14.5. The maximum atomic E-state index is 12.6. The Morgan fingerprint density at radius 1 is 1.24 bits per heavy atom. The number of nitrogens with one attached hydrogen (secondary N) is 1. The van der Waals surface area contributed by atoms with E-state index in [4.69, 9.17) is 9.47 Å². The number of carbonyl (C=O) groups is 2. The van der Waals surface area contributed by atoms with Crippen molar-refractivity contribution in [1.29, 1.82) is 0 Å². The predicted molar refractivity (Wildman–Crippen MR) is 91.4 cm³/mol. The molecule has 1 aliphatic carbocycles. The third-order valence-electron chi connectivity index (χ3n) is 5.15. The van der Waals surface area contributed by atoms with Crippen LogP contribution in [0, 0.1) is 5.92 Å². The molecule has 25 heavy (non-hydrogen) atoms. The predicted octanol–water partition coefficient (Wildman–Crippen LogP) is 2.04. The van der Waals surface area contributed by atoms with E-state index >= 15 is 0 Å². The Labute approximate surface area is 147 Å². The van der Waals surface area contributed by atoms with Crippen molar-refractivity contribution >= 4 is 11.8 Å². The number of carbonyl (C=O) groups excluding carboxylic acids is 2. The van der Waals surface area contributed by atoms with Gasteiger partial charge in [-0.2, -0.15) is 0 Å². The van der Waals surface area contributed by atoms with Gasteiger partial charge in [-0.1, -0.05) is 6.07 Å². The molecular weight excluding hydrogens is 320 g/mol. The Hall–Kier alpha value is -2.24. The largest absolute Gasteiger partial charge is 0.490 e. The smallest absolute Gasteiger partial charge is 0.225 e. The number of benzene rings is 1. The lowest BCUT2D eigenvalue weighted by Gasteiger charge is -2.19. The summed E-state index contributed by atoms with van der Waals surface area (Å²) in [4.78, 5) is 26.5. The molecule has 1 saturated heterocycles. The van der Waals surface area contributed by atoms with E-state index in [-0.39, 0.29) is 23.8 Å². The van der Waals surface area contributed by atoms with Gasteiger partial charge in [0.1, 0.15) is 0 Å². The standard InChI is InChI=1S/C19H24N2O4/c1-12(13-3-6-16-17(9-13)25-8-2-7-24-16)20-19(23)14-10-18(22)21(11-14)15-4-5-15/h3,6,9,12,14-15H,2,4-5,7-8,10-11H2,1H3,(H,20,23). The van der Waals surface area contributed by atoms with E-state index in [0.717, 1.165) is 36.3 Å². The van der Waals surface area contributed by atoms with Crippen molar-refractivity contribution in [2.24, 2.45) is 5.92 Å². The molecule has 1 aromatic rings. The third-order valence-corrected chi connectivity index (χ3v) is 5.15. The Morgan fingerprint density at radius 3 is 2.76 bits per heavy atom. The van der Waals surface area contributed by atoms with Crippen LogP contribution in [0.4, 0.5) is 0 Å². The molecule has 3 aliphatic rings. The molecule has 134 valence electrons. The highest BCUT2D eigenvalue weighted by atomic mass is 16.5. The van der Waals surface area contributed by atoms with Crippen LogP contribution in [0.5, 0.6) is 11.5 Å². The van der Waals surface area contributed by atoms with Crippen molar-refractivity contribution in [2.75, 3.05) is 19.8 Å². The number of ether oxygens (including phenoxy) is 2. The third kappa shape index (κ3) is 3.43. The van der Waals surface area contributed by atoms with Gasteiger partial charge in [-0.15, -0.1) is 0 Å². The van der Waals surface area contributed by atoms with Gasteiger partial charge in [0.2, 0.25) is 11.8 Å². The molecule has 1 N–H and O–H groups in total. The first-order valence-electron chi connectivity index (χ1n) is 9.11. The van der Waals surface area contributed by atoms with Gasteiger partial charge in [0.25, 0.3) is 0 Å². The highest BCUT2D eigenvalue weighted by molar-refractivity contribution is 5.89. The van der Waals surface area contributed by atoms with Crippen LogP contribution in [0.3, 0.4) is 0 Å². The number of nitrogens with zero attached hydrogens (tertiary/aromatic N) is 1. The van der Waals surface area contributed by atoms with Gasteiger partial charge in [-0.3, -0.25) is 9.59 Å². The van der Waals surface area contributed by atoms with E-state index in [9.17, 15) is 9.59 Å². The summed E-state index contributed by atoms with van der Waals surface area (Å²) in [6.45, 7) is 3.81. The van der Waals surface area contributed by atoms with Crippen molar-refractivity contribution < 1.29 is 19.1 Å². The Balaban J connectivity index is 1.40. The topological polar surface area (TPSA) is 67.9 Å². The Bertz CT molecular complexity index is 686. The van der Waals surface area contributed by atoms with Gasteiger partial charge < -0.3 is 19.7 Å². The minimum Gasteiger partial charge on any atom is -0.490 e. The normalized spacial score (nSPS) is 24.0. The second kappa shape index (κ2) is 6.58. The van der Waals surface area contributed by atoms with Crippen molar-refractivity contribution in [3.8, 4) is 11.5 Å². The number of hydrogen-bond donors (Lipinski definition) is 1. The van der Waals surface area contributed by atoms with Crippen LogP contribution in [0.25, 0.3) is 0 Å². The fourth-order valence-electron chi connectivity index (χ4n) is 3.51. The van der Waals surface area contributed by atoms with E-state index in [0.29, 0.717) is 32.2 Å². The average molecular weight is 344 g/mol. The highest BCUT2D eigenvalue weighted by Crippen LogP contribution is 2.34. The summed E-state index contributed by atoms with van der Waals surface area (Å²) in [7, 11) is 0. The van der Waals surface area contributed by atoms with Gasteiger partial charge in [0, 0.05) is 25.4 Å².